The molecule has 1 amide bonds. The van der Waals surface area contributed by atoms with E-state index in [0.717, 1.165) is 6.42 Å². The van der Waals surface area contributed by atoms with E-state index in [2.05, 4.69) is 0 Å². The number of carbonyl (C=O) groups excluding carboxylic acids is 2. The molecule has 0 aromatic carbocycles. The summed E-state index contributed by atoms with van der Waals surface area (Å²) in [6.07, 6.45) is 1.73. The van der Waals surface area contributed by atoms with E-state index in [1.54, 1.807) is 12.0 Å². The smallest absolute Gasteiger partial charge is 0.225 e. The molecule has 15 heavy (non-hydrogen) atoms. The largest absolute Gasteiger partial charge is 0.378 e. The minimum Gasteiger partial charge on any atom is -0.378 e. The van der Waals surface area contributed by atoms with Crippen molar-refractivity contribution in [2.75, 3.05) is 20.2 Å². The van der Waals surface area contributed by atoms with Gasteiger partial charge in [-0.2, -0.15) is 0 Å². The van der Waals surface area contributed by atoms with Crippen LogP contribution in [-0.4, -0.2) is 42.4 Å². The quantitative estimate of drug-likeness (QED) is 0.702. The second kappa shape index (κ2) is 4.75. The van der Waals surface area contributed by atoms with Gasteiger partial charge >= 0.3 is 0 Å². The Kier molecular flexibility index (Phi) is 3.85. The van der Waals surface area contributed by atoms with Gasteiger partial charge in [-0.1, -0.05) is 0 Å². The van der Waals surface area contributed by atoms with E-state index in [-0.39, 0.29) is 18.2 Å². The van der Waals surface area contributed by atoms with Crippen LogP contribution in [0.2, 0.25) is 0 Å². The zero-order chi connectivity index (χ0) is 11.5. The SMILES string of the molecule is COC(C)(C)CC(=O)N1CCCC(=O)C1. The lowest BCUT2D eigenvalue weighted by Gasteiger charge is -2.30. The highest BCUT2D eigenvalue weighted by atomic mass is 16.5. The number of Topliss-reactive ketones (excluding diaryl/α,β-unsaturated/α-hetero) is 1. The predicted molar refractivity (Wildman–Crippen MR) is 56.5 cm³/mol. The lowest BCUT2D eigenvalue weighted by atomic mass is 10.0. The van der Waals surface area contributed by atoms with Crippen LogP contribution >= 0.6 is 0 Å². The van der Waals surface area contributed by atoms with Crippen molar-refractivity contribution in [2.24, 2.45) is 0 Å². The first kappa shape index (κ1) is 12.2. The number of nitrogens with zero attached hydrogens (tertiary/aromatic N) is 1. The predicted octanol–water partition coefficient (Wildman–Crippen LogP) is 0.993. The molecule has 1 aliphatic rings. The number of carbonyl (C=O) groups is 2. The van der Waals surface area contributed by atoms with E-state index in [1.807, 2.05) is 13.8 Å². The zero-order valence-electron chi connectivity index (χ0n) is 9.71. The number of hydrogen-bond acceptors (Lipinski definition) is 3. The van der Waals surface area contributed by atoms with Crippen LogP contribution in [0, 0.1) is 0 Å². The van der Waals surface area contributed by atoms with Gasteiger partial charge in [-0.15, -0.1) is 0 Å². The van der Waals surface area contributed by atoms with E-state index in [4.69, 9.17) is 4.74 Å². The van der Waals surface area contributed by atoms with Crippen molar-refractivity contribution in [3.05, 3.63) is 0 Å². The summed E-state index contributed by atoms with van der Waals surface area (Å²) in [7, 11) is 1.59. The van der Waals surface area contributed by atoms with Gasteiger partial charge in [-0.05, 0) is 20.3 Å². The molecule has 0 atom stereocenters. The summed E-state index contributed by atoms with van der Waals surface area (Å²) in [4.78, 5) is 24.6. The highest BCUT2D eigenvalue weighted by Gasteiger charge is 2.27. The molecule has 0 bridgehead atoms. The number of ketones is 1. The number of methoxy groups -OCH3 is 1. The third-order valence-electron chi connectivity index (χ3n) is 2.73. The lowest BCUT2D eigenvalue weighted by molar-refractivity contribution is -0.141. The minimum absolute atomic E-state index is 0.00917. The molecule has 1 saturated heterocycles. The molecule has 0 N–H and O–H groups in total. The highest BCUT2D eigenvalue weighted by Crippen LogP contribution is 2.16. The van der Waals surface area contributed by atoms with Crippen molar-refractivity contribution in [3.63, 3.8) is 0 Å². The summed E-state index contributed by atoms with van der Waals surface area (Å²) >= 11 is 0. The Morgan fingerprint density at radius 3 is 2.73 bits per heavy atom. The first-order valence-corrected chi connectivity index (χ1v) is 5.29. The monoisotopic (exact) mass is 213 g/mol. The van der Waals surface area contributed by atoms with Gasteiger partial charge in [0, 0.05) is 20.1 Å². The number of piperidine rings is 1. The summed E-state index contributed by atoms with van der Waals surface area (Å²) in [5, 5.41) is 0. The Hall–Kier alpha value is -0.900. The average Bonchev–Trinajstić information content (AvgIpc) is 2.17. The molecule has 4 nitrogen and oxygen atoms in total. The first-order chi connectivity index (χ1) is 6.94. The Balaban J connectivity index is 2.49. The minimum atomic E-state index is -0.447. The normalized spacial score (nSPS) is 18.1. The van der Waals surface area contributed by atoms with Crippen molar-refractivity contribution in [1.29, 1.82) is 0 Å². The van der Waals surface area contributed by atoms with Gasteiger partial charge in [0.2, 0.25) is 5.91 Å². The van der Waals surface area contributed by atoms with Gasteiger partial charge in [0.25, 0.3) is 0 Å². The lowest BCUT2D eigenvalue weighted by Crippen LogP contribution is -2.43. The molecule has 0 aliphatic carbocycles. The van der Waals surface area contributed by atoms with Crippen LogP contribution < -0.4 is 0 Å². The van der Waals surface area contributed by atoms with Crippen molar-refractivity contribution >= 4 is 11.7 Å². The van der Waals surface area contributed by atoms with Gasteiger partial charge < -0.3 is 9.64 Å². The number of ether oxygens (including phenoxy) is 1. The van der Waals surface area contributed by atoms with E-state index >= 15 is 0 Å². The summed E-state index contributed by atoms with van der Waals surface area (Å²) < 4.78 is 5.19. The van der Waals surface area contributed by atoms with Crippen LogP contribution in [0.3, 0.4) is 0 Å². The molecular formula is C11H19NO3. The van der Waals surface area contributed by atoms with E-state index in [1.165, 1.54) is 0 Å². The summed E-state index contributed by atoms with van der Waals surface area (Å²) in [6, 6.07) is 0. The molecule has 86 valence electrons. The Labute approximate surface area is 90.6 Å². The molecule has 1 rings (SSSR count). The van der Waals surface area contributed by atoms with E-state index < -0.39 is 5.60 Å². The maximum atomic E-state index is 11.8. The Morgan fingerprint density at radius 2 is 2.20 bits per heavy atom. The summed E-state index contributed by atoms with van der Waals surface area (Å²) in [5.41, 5.74) is -0.447. The fourth-order valence-electron chi connectivity index (χ4n) is 1.60. The standard InChI is InChI=1S/C11H19NO3/c1-11(2,15-3)7-10(14)12-6-4-5-9(13)8-12/h4-8H2,1-3H3. The average molecular weight is 213 g/mol. The van der Waals surface area contributed by atoms with Crippen LogP contribution in [0.5, 0.6) is 0 Å². The molecule has 4 heteroatoms. The van der Waals surface area contributed by atoms with E-state index in [9.17, 15) is 9.59 Å². The molecule has 1 heterocycles. The first-order valence-electron chi connectivity index (χ1n) is 5.29. The summed E-state index contributed by atoms with van der Waals surface area (Å²) in [6.45, 7) is 4.72. The van der Waals surface area contributed by atoms with Crippen molar-refractivity contribution in [3.8, 4) is 0 Å². The van der Waals surface area contributed by atoms with E-state index in [0.29, 0.717) is 19.4 Å². The van der Waals surface area contributed by atoms with Gasteiger partial charge in [0.05, 0.1) is 18.6 Å². The molecule has 1 fully saturated rings. The van der Waals surface area contributed by atoms with Crippen LogP contribution in [0.4, 0.5) is 0 Å². The van der Waals surface area contributed by atoms with Gasteiger partial charge in [0.15, 0.2) is 5.78 Å². The molecule has 0 spiro atoms. The third kappa shape index (κ3) is 3.63. The second-order valence-electron chi connectivity index (χ2n) is 4.60. The number of hydrogen-bond donors (Lipinski definition) is 0. The highest BCUT2D eigenvalue weighted by molar-refractivity contribution is 5.87. The molecule has 1 aliphatic heterocycles. The van der Waals surface area contributed by atoms with Crippen LogP contribution in [0.15, 0.2) is 0 Å². The molecule has 0 radical (unpaired) electrons. The zero-order valence-corrected chi connectivity index (χ0v) is 9.71. The Morgan fingerprint density at radius 1 is 1.53 bits per heavy atom. The Bertz CT molecular complexity index is 261. The third-order valence-corrected chi connectivity index (χ3v) is 2.73. The molecule has 0 aromatic heterocycles. The van der Waals surface area contributed by atoms with Crippen LogP contribution in [-0.2, 0) is 14.3 Å². The molecule has 0 saturated carbocycles. The van der Waals surface area contributed by atoms with Crippen molar-refractivity contribution in [2.45, 2.75) is 38.7 Å². The van der Waals surface area contributed by atoms with Crippen LogP contribution in [0.1, 0.15) is 33.1 Å². The van der Waals surface area contributed by atoms with Gasteiger partial charge in [-0.3, -0.25) is 9.59 Å². The molecular weight excluding hydrogens is 194 g/mol. The van der Waals surface area contributed by atoms with Gasteiger partial charge in [0.1, 0.15) is 0 Å². The topological polar surface area (TPSA) is 46.6 Å². The number of likely N-dealkylation sites (tertiary alicyclic amines) is 1. The molecule has 0 aromatic rings. The van der Waals surface area contributed by atoms with Crippen molar-refractivity contribution in [1.82, 2.24) is 4.90 Å². The number of amides is 1. The van der Waals surface area contributed by atoms with Crippen molar-refractivity contribution < 1.29 is 14.3 Å². The fraction of sp³-hybridized carbons (Fsp3) is 0.818. The number of rotatable bonds is 3. The summed E-state index contributed by atoms with van der Waals surface area (Å²) in [5.74, 6) is 0.166. The van der Waals surface area contributed by atoms with Gasteiger partial charge in [-0.25, -0.2) is 0 Å². The van der Waals surface area contributed by atoms with Crippen LogP contribution in [0.25, 0.3) is 0 Å². The maximum absolute atomic E-state index is 11.8. The fourth-order valence-corrected chi connectivity index (χ4v) is 1.60. The second-order valence-corrected chi connectivity index (χ2v) is 4.60. The molecule has 0 unspecified atom stereocenters. The maximum Gasteiger partial charge on any atom is 0.225 e.